The molecule has 6 nitrogen and oxygen atoms in total. The van der Waals surface area contributed by atoms with E-state index in [1.807, 2.05) is 6.20 Å². The molecule has 1 aliphatic heterocycles. The molecule has 2 heterocycles. The van der Waals surface area contributed by atoms with Crippen molar-refractivity contribution in [3.05, 3.63) is 23.9 Å². The van der Waals surface area contributed by atoms with E-state index in [0.717, 1.165) is 50.5 Å². The quantitative estimate of drug-likeness (QED) is 0.615. The van der Waals surface area contributed by atoms with Gasteiger partial charge in [0.15, 0.2) is 5.96 Å². The normalized spacial score (nSPS) is 17.0. The monoisotopic (exact) mass is 290 g/mol. The summed E-state index contributed by atoms with van der Waals surface area (Å²) in [5.74, 6) is 1.55. The van der Waals surface area contributed by atoms with E-state index >= 15 is 0 Å². The van der Waals surface area contributed by atoms with Gasteiger partial charge >= 0.3 is 0 Å². The van der Waals surface area contributed by atoms with Crippen LogP contribution in [0.5, 0.6) is 0 Å². The number of likely N-dealkylation sites (N-methyl/N-ethyl adjacent to an activating group) is 1. The number of pyridine rings is 1. The Hall–Kier alpha value is -1.82. The van der Waals surface area contributed by atoms with Crippen LogP contribution in [-0.2, 0) is 6.54 Å². The third kappa shape index (κ3) is 4.90. The average molecular weight is 290 g/mol. The minimum absolute atomic E-state index is 0.500. The van der Waals surface area contributed by atoms with Gasteiger partial charge in [-0.05, 0) is 25.1 Å². The van der Waals surface area contributed by atoms with Crippen LogP contribution in [0.15, 0.2) is 23.3 Å². The van der Waals surface area contributed by atoms with Crippen molar-refractivity contribution in [1.29, 1.82) is 0 Å². The van der Waals surface area contributed by atoms with E-state index in [1.54, 1.807) is 0 Å². The van der Waals surface area contributed by atoms with Gasteiger partial charge in [-0.3, -0.25) is 0 Å². The number of aliphatic imine (C=N–C) groups is 1. The summed E-state index contributed by atoms with van der Waals surface area (Å²) in [6, 6.07) is 4.16. The number of nitrogens with zero attached hydrogens (tertiary/aromatic N) is 4. The number of hydrogen-bond donors (Lipinski definition) is 2. The molecule has 0 amide bonds. The average Bonchev–Trinajstić information content (AvgIpc) is 2.52. The smallest absolute Gasteiger partial charge is 0.188 e. The highest BCUT2D eigenvalue weighted by Crippen LogP contribution is 2.13. The Labute approximate surface area is 127 Å². The lowest BCUT2D eigenvalue weighted by Crippen LogP contribution is -2.44. The fourth-order valence-corrected chi connectivity index (χ4v) is 2.22. The van der Waals surface area contributed by atoms with Crippen LogP contribution < -0.4 is 16.0 Å². The van der Waals surface area contributed by atoms with E-state index in [4.69, 9.17) is 5.73 Å². The zero-order valence-corrected chi connectivity index (χ0v) is 13.0. The maximum absolute atomic E-state index is 5.77. The molecule has 1 saturated heterocycles. The third-order valence-electron chi connectivity index (χ3n) is 3.62. The van der Waals surface area contributed by atoms with Gasteiger partial charge in [0.2, 0.25) is 0 Å². The molecule has 6 heteroatoms. The van der Waals surface area contributed by atoms with Crippen molar-refractivity contribution in [2.75, 3.05) is 44.7 Å². The molecule has 0 aliphatic carbocycles. The highest BCUT2D eigenvalue weighted by Gasteiger charge is 2.14. The molecule has 0 saturated carbocycles. The van der Waals surface area contributed by atoms with Crippen molar-refractivity contribution in [2.24, 2.45) is 10.7 Å². The largest absolute Gasteiger partial charge is 0.370 e. The summed E-state index contributed by atoms with van der Waals surface area (Å²) in [6.07, 6.45) is 2.93. The second kappa shape index (κ2) is 7.83. The van der Waals surface area contributed by atoms with Crippen LogP contribution >= 0.6 is 0 Å². The Morgan fingerprint density at radius 2 is 2.10 bits per heavy atom. The summed E-state index contributed by atoms with van der Waals surface area (Å²) in [5, 5.41) is 3.06. The Bertz CT molecular complexity index is 448. The molecule has 0 unspecified atom stereocenters. The number of anilines is 1. The van der Waals surface area contributed by atoms with Gasteiger partial charge in [0.1, 0.15) is 5.82 Å². The molecule has 0 atom stereocenters. The van der Waals surface area contributed by atoms with Crippen LogP contribution in [0.1, 0.15) is 18.9 Å². The summed E-state index contributed by atoms with van der Waals surface area (Å²) in [4.78, 5) is 13.5. The first kappa shape index (κ1) is 15.6. The lowest BCUT2D eigenvalue weighted by molar-refractivity contribution is 0.312. The maximum atomic E-state index is 5.77. The van der Waals surface area contributed by atoms with E-state index in [9.17, 15) is 0 Å². The molecule has 1 aromatic rings. The number of hydrogen-bond acceptors (Lipinski definition) is 4. The molecule has 21 heavy (non-hydrogen) atoms. The number of nitrogens with one attached hydrogen (secondary N) is 1. The van der Waals surface area contributed by atoms with Gasteiger partial charge in [0, 0.05) is 38.9 Å². The third-order valence-corrected chi connectivity index (χ3v) is 3.62. The zero-order chi connectivity index (χ0) is 15.1. The fraction of sp³-hybridized carbons (Fsp3) is 0.600. The van der Waals surface area contributed by atoms with Crippen LogP contribution in [0.3, 0.4) is 0 Å². The maximum Gasteiger partial charge on any atom is 0.188 e. The van der Waals surface area contributed by atoms with Gasteiger partial charge in [-0.15, -0.1) is 0 Å². The number of guanidine groups is 1. The Balaban J connectivity index is 1.87. The minimum Gasteiger partial charge on any atom is -0.370 e. The van der Waals surface area contributed by atoms with Gasteiger partial charge in [-0.2, -0.15) is 0 Å². The van der Waals surface area contributed by atoms with Crippen molar-refractivity contribution < 1.29 is 0 Å². The van der Waals surface area contributed by atoms with Crippen LogP contribution in [-0.4, -0.2) is 55.6 Å². The molecule has 0 radical (unpaired) electrons. The van der Waals surface area contributed by atoms with E-state index in [2.05, 4.69) is 51.2 Å². The second-order valence-electron chi connectivity index (χ2n) is 5.44. The van der Waals surface area contributed by atoms with Crippen LogP contribution in [0.2, 0.25) is 0 Å². The Morgan fingerprint density at radius 1 is 1.33 bits per heavy atom. The SMILES string of the molecule is CCCNC(N)=NCc1ccc(N2CCN(C)CC2)nc1. The van der Waals surface area contributed by atoms with Gasteiger partial charge in [0.25, 0.3) is 0 Å². The summed E-state index contributed by atoms with van der Waals surface area (Å²) < 4.78 is 0. The Morgan fingerprint density at radius 3 is 2.71 bits per heavy atom. The number of rotatable bonds is 5. The molecular formula is C15H26N6. The molecule has 0 bridgehead atoms. The zero-order valence-electron chi connectivity index (χ0n) is 13.0. The van der Waals surface area contributed by atoms with E-state index in [-0.39, 0.29) is 0 Å². The molecule has 1 aromatic heterocycles. The van der Waals surface area contributed by atoms with Crippen molar-refractivity contribution in [3.63, 3.8) is 0 Å². The van der Waals surface area contributed by atoms with Crippen LogP contribution in [0.25, 0.3) is 0 Å². The molecule has 0 spiro atoms. The highest BCUT2D eigenvalue weighted by atomic mass is 15.3. The molecular weight excluding hydrogens is 264 g/mol. The Kier molecular flexibility index (Phi) is 5.80. The molecule has 1 fully saturated rings. The van der Waals surface area contributed by atoms with Gasteiger partial charge < -0.3 is 20.9 Å². The van der Waals surface area contributed by atoms with Crippen LogP contribution in [0.4, 0.5) is 5.82 Å². The lowest BCUT2D eigenvalue weighted by Gasteiger charge is -2.33. The summed E-state index contributed by atoms with van der Waals surface area (Å²) in [6.45, 7) is 7.78. The first-order valence-electron chi connectivity index (χ1n) is 7.61. The minimum atomic E-state index is 0.500. The van der Waals surface area contributed by atoms with Gasteiger partial charge in [-0.1, -0.05) is 13.0 Å². The van der Waals surface area contributed by atoms with Crippen LogP contribution in [0, 0.1) is 0 Å². The lowest BCUT2D eigenvalue weighted by atomic mass is 10.2. The number of piperazine rings is 1. The highest BCUT2D eigenvalue weighted by molar-refractivity contribution is 5.77. The first-order chi connectivity index (χ1) is 10.2. The molecule has 3 N–H and O–H groups in total. The number of nitrogens with two attached hydrogens (primary N) is 1. The van der Waals surface area contributed by atoms with Gasteiger partial charge in [0.05, 0.1) is 6.54 Å². The van der Waals surface area contributed by atoms with Crippen molar-refractivity contribution in [3.8, 4) is 0 Å². The summed E-state index contributed by atoms with van der Waals surface area (Å²) in [5.41, 5.74) is 6.85. The fourth-order valence-electron chi connectivity index (χ4n) is 2.22. The van der Waals surface area contributed by atoms with E-state index in [1.165, 1.54) is 0 Å². The number of aromatic nitrogens is 1. The molecule has 0 aromatic carbocycles. The van der Waals surface area contributed by atoms with Crippen molar-refractivity contribution in [1.82, 2.24) is 15.2 Å². The molecule has 2 rings (SSSR count). The van der Waals surface area contributed by atoms with E-state index < -0.39 is 0 Å². The predicted octanol–water partition coefficient (Wildman–Crippen LogP) is 0.648. The molecule has 116 valence electrons. The summed E-state index contributed by atoms with van der Waals surface area (Å²) >= 11 is 0. The van der Waals surface area contributed by atoms with E-state index in [0.29, 0.717) is 12.5 Å². The van der Waals surface area contributed by atoms with Crippen molar-refractivity contribution >= 4 is 11.8 Å². The first-order valence-corrected chi connectivity index (χ1v) is 7.61. The predicted molar refractivity (Wildman–Crippen MR) is 87.6 cm³/mol. The van der Waals surface area contributed by atoms with Gasteiger partial charge in [-0.25, -0.2) is 9.98 Å². The standard InChI is InChI=1S/C15H26N6/c1-3-6-17-15(16)19-12-13-4-5-14(18-11-13)21-9-7-20(2)8-10-21/h4-5,11H,3,6-10,12H2,1-2H3,(H3,16,17,19). The summed E-state index contributed by atoms with van der Waals surface area (Å²) in [7, 11) is 2.16. The molecule has 1 aliphatic rings. The second-order valence-corrected chi connectivity index (χ2v) is 5.44. The van der Waals surface area contributed by atoms with Crippen molar-refractivity contribution in [2.45, 2.75) is 19.9 Å². The topological polar surface area (TPSA) is 69.8 Å².